The van der Waals surface area contributed by atoms with Crippen molar-refractivity contribution in [3.8, 4) is 11.4 Å². The molecule has 0 atom stereocenters. The summed E-state index contributed by atoms with van der Waals surface area (Å²) in [4.78, 5) is 60.0. The number of nitrogens with two attached hydrogens (primary N) is 1. The lowest BCUT2D eigenvalue weighted by atomic mass is 10.1. The van der Waals surface area contributed by atoms with Crippen LogP contribution in [0, 0.1) is 39.9 Å². The summed E-state index contributed by atoms with van der Waals surface area (Å²) in [5, 5.41) is 54.0. The second kappa shape index (κ2) is 38.4. The number of ether oxygens (including phenoxy) is 2. The molecule has 7 N–H and O–H groups in total. The molecule has 4 aliphatic rings. The summed E-state index contributed by atoms with van der Waals surface area (Å²) in [5.41, 5.74) is 16.4. The lowest BCUT2D eigenvalue weighted by molar-refractivity contribution is -0.387. The first-order valence-corrected chi connectivity index (χ1v) is 33.1. The van der Waals surface area contributed by atoms with E-state index in [1.54, 1.807) is 30.5 Å². The van der Waals surface area contributed by atoms with E-state index in [0.29, 0.717) is 54.5 Å². The summed E-state index contributed by atoms with van der Waals surface area (Å²) >= 11 is 11.2. The van der Waals surface area contributed by atoms with Gasteiger partial charge in [-0.1, -0.05) is 121 Å². The number of methoxy groups -OCH3 is 2. The third-order valence-corrected chi connectivity index (χ3v) is 16.2. The Morgan fingerprint density at radius 1 is 0.584 bits per heavy atom. The number of esters is 2. The lowest BCUT2D eigenvalue weighted by Crippen LogP contribution is -2.20. The van der Waals surface area contributed by atoms with E-state index in [2.05, 4.69) is 124 Å². The number of nitrogens with zero attached hydrogens (tertiary/aromatic N) is 10. The molecule has 10 aromatic rings. The number of hydrogen-bond acceptors (Lipinski definition) is 22. The molecule has 0 saturated carbocycles. The highest BCUT2D eigenvalue weighted by Crippen LogP contribution is 2.34. The number of nitro groups is 2. The topological polar surface area (TPSA) is 320 Å². The molecule has 0 unspecified atom stereocenters. The van der Waals surface area contributed by atoms with E-state index < -0.39 is 21.4 Å². The molecule has 0 spiro atoms. The molecule has 7 heterocycles. The molecule has 524 valence electrons. The van der Waals surface area contributed by atoms with Crippen molar-refractivity contribution in [3.05, 3.63) is 254 Å². The number of para-hydroxylation sites is 11. The van der Waals surface area contributed by atoms with E-state index in [9.17, 15) is 39.0 Å². The number of pyridine rings is 1. The Balaban J connectivity index is 0.000000152. The molecule has 0 saturated heterocycles. The Bertz CT molecular complexity index is 4380. The number of nitrogen functional groups attached to an aromatic ring is 1. The van der Waals surface area contributed by atoms with Crippen molar-refractivity contribution in [1.29, 1.82) is 0 Å². The first kappa shape index (κ1) is 75.1. The molecule has 0 fully saturated rings. The molecule has 0 bridgehead atoms. The van der Waals surface area contributed by atoms with E-state index in [0.717, 1.165) is 138 Å². The standard InChI is InChI=1S/C16H14ClN5.C11H12N4.C10H12N2O4.C10H14N2O2.C10H11NO.C10H11NS.C6H4FNO2/c1-11-19-20-16-8-9-21(15-7-6-12(17)10-18-15)13-4-2-3-5-14(13)22(11)16;1-8-13-14-11-6-7-12-9-4-2-3-5-10(9)15(8)11;1-16-10(13)6-7-11-8-4-2-3-5-9(8)12(14)15;1-14-10(13)6-7-12-9-5-3-2-4-8(9)11;2*12-9-5-6-11-10-4-2-1-3-8(10)7-9;7-5-3-1-2-4-6(5)8(9)10/h2-7,10H,8-9H2,1H3;2-5,12H,6-7H2,1H3;2-5,11H,6-7H2,1H3;2-5,12H,6-7,11H2,1H3;2*1-4,11H,5-7H2;1-4H. The number of Topliss-reactive ketones (excluding diaryl/α,β-unsaturated/α-hetero) is 1. The Morgan fingerprint density at radius 3 is 1.66 bits per heavy atom. The number of carbonyl (C=O) groups is 3. The number of benzene rings is 7. The van der Waals surface area contributed by atoms with Gasteiger partial charge in [-0.3, -0.25) is 43.7 Å². The molecule has 7 aromatic carbocycles. The Morgan fingerprint density at radius 2 is 1.07 bits per heavy atom. The minimum atomic E-state index is -0.799. The maximum absolute atomic E-state index is 12.4. The molecule has 0 radical (unpaired) electrons. The molecule has 4 aliphatic heterocycles. The van der Waals surface area contributed by atoms with E-state index in [-0.39, 0.29) is 24.0 Å². The second-order valence-electron chi connectivity index (χ2n) is 22.6. The van der Waals surface area contributed by atoms with Crippen molar-refractivity contribution in [2.45, 2.75) is 65.2 Å². The lowest BCUT2D eigenvalue weighted by Gasteiger charge is -2.23. The Kier molecular flexibility index (Phi) is 28.6. The fourth-order valence-corrected chi connectivity index (χ4v) is 11.1. The van der Waals surface area contributed by atoms with E-state index >= 15 is 0 Å². The number of fused-ring (bicyclic) bond motifs is 8. The minimum Gasteiger partial charge on any atom is -0.469 e. The van der Waals surface area contributed by atoms with Crippen LogP contribution in [0.1, 0.15) is 60.1 Å². The molecule has 28 heteroatoms. The fraction of sp³-hybridized carbons (Fsp3) is 0.247. The zero-order valence-electron chi connectivity index (χ0n) is 56.2. The number of anilines is 8. The number of ketones is 1. The predicted molar refractivity (Wildman–Crippen MR) is 396 cm³/mol. The molecule has 0 aliphatic carbocycles. The number of nitrogens with one attached hydrogen (secondary N) is 5. The fourth-order valence-electron chi connectivity index (χ4n) is 10.7. The van der Waals surface area contributed by atoms with Gasteiger partial charge in [0.1, 0.15) is 40.6 Å². The van der Waals surface area contributed by atoms with Gasteiger partial charge in [-0.2, -0.15) is 4.39 Å². The third-order valence-electron chi connectivity index (χ3n) is 15.7. The van der Waals surface area contributed by atoms with Crippen molar-refractivity contribution >= 4 is 103 Å². The normalized spacial score (nSPS) is 12.6. The van der Waals surface area contributed by atoms with E-state index in [1.807, 2.05) is 92.7 Å². The number of hydrogen-bond donors (Lipinski definition) is 6. The van der Waals surface area contributed by atoms with Crippen LogP contribution in [-0.2, 0) is 49.5 Å². The largest absolute Gasteiger partial charge is 0.469 e. The van der Waals surface area contributed by atoms with E-state index in [1.165, 1.54) is 43.7 Å². The van der Waals surface area contributed by atoms with Gasteiger partial charge in [0.2, 0.25) is 5.82 Å². The van der Waals surface area contributed by atoms with Gasteiger partial charge in [0, 0.05) is 101 Å². The van der Waals surface area contributed by atoms with Crippen LogP contribution in [0.5, 0.6) is 0 Å². The Labute approximate surface area is 594 Å². The van der Waals surface area contributed by atoms with Crippen LogP contribution in [-0.4, -0.2) is 120 Å². The van der Waals surface area contributed by atoms with Gasteiger partial charge in [0.05, 0.1) is 76.1 Å². The van der Waals surface area contributed by atoms with Gasteiger partial charge >= 0.3 is 17.6 Å². The van der Waals surface area contributed by atoms with Crippen molar-refractivity contribution in [2.24, 2.45) is 0 Å². The maximum atomic E-state index is 12.4. The van der Waals surface area contributed by atoms with Crippen molar-refractivity contribution in [2.75, 3.05) is 90.7 Å². The quantitative estimate of drug-likeness (QED) is 0.0230. The van der Waals surface area contributed by atoms with Crippen LogP contribution >= 0.6 is 23.8 Å². The van der Waals surface area contributed by atoms with Crippen LogP contribution in [0.2, 0.25) is 5.02 Å². The molecule has 0 amide bonds. The summed E-state index contributed by atoms with van der Waals surface area (Å²) in [6.45, 7) is 8.26. The van der Waals surface area contributed by atoms with Crippen LogP contribution < -0.4 is 37.2 Å². The van der Waals surface area contributed by atoms with Gasteiger partial charge in [-0.25, -0.2) is 4.98 Å². The third kappa shape index (κ3) is 22.1. The molecular weight excluding hydrogens is 1330 g/mol. The summed E-state index contributed by atoms with van der Waals surface area (Å²) in [7, 11) is 2.67. The smallest absolute Gasteiger partial charge is 0.307 e. The highest BCUT2D eigenvalue weighted by molar-refractivity contribution is 7.80. The maximum Gasteiger partial charge on any atom is 0.307 e. The molecular formula is C73H78ClFN16O9S. The predicted octanol–water partition coefficient (Wildman–Crippen LogP) is 13.4. The number of nitro benzene ring substituents is 2. The zero-order valence-corrected chi connectivity index (χ0v) is 57.8. The first-order valence-electron chi connectivity index (χ1n) is 32.3. The first-order chi connectivity index (χ1) is 48.9. The van der Waals surface area contributed by atoms with Gasteiger partial charge < -0.3 is 46.7 Å². The zero-order chi connectivity index (χ0) is 72.0. The number of thiocarbonyl (C=S) groups is 1. The molecule has 14 rings (SSSR count). The van der Waals surface area contributed by atoms with Crippen LogP contribution in [0.4, 0.5) is 61.4 Å². The monoisotopic (exact) mass is 1410 g/mol. The van der Waals surface area contributed by atoms with Gasteiger partial charge in [0.25, 0.3) is 5.69 Å². The average molecular weight is 1410 g/mol. The molecule has 101 heavy (non-hydrogen) atoms. The van der Waals surface area contributed by atoms with Crippen molar-refractivity contribution in [1.82, 2.24) is 34.5 Å². The van der Waals surface area contributed by atoms with Crippen LogP contribution in [0.25, 0.3) is 11.4 Å². The van der Waals surface area contributed by atoms with Gasteiger partial charge in [-0.15, -0.1) is 20.4 Å². The minimum absolute atomic E-state index is 0.00707. The SMILES string of the molecule is COC(=O)CCNc1ccccc1N.COC(=O)CCNc1ccccc1[N+](=O)[O-].Cc1nnc2n1-c1ccccc1N(c1ccc(Cl)cn1)CC2.Cc1nnc2n1-c1ccccc1NCC2.O=C1CCNc2ccccc2C1.O=[N+]([O-])c1ccccc1F.S=C1CCNc2ccccc2C1. The van der Waals surface area contributed by atoms with E-state index in [4.69, 9.17) is 29.6 Å². The Hall–Kier alpha value is -11.7. The van der Waals surface area contributed by atoms with Crippen molar-refractivity contribution in [3.63, 3.8) is 0 Å². The average Bonchev–Trinajstić information content (AvgIpc) is 1.65. The summed E-state index contributed by atoms with van der Waals surface area (Å²) in [5.74, 6) is 3.67. The number of rotatable bonds is 11. The number of aryl methyl sites for hydroxylation is 2. The van der Waals surface area contributed by atoms with Gasteiger partial charge in [0.15, 0.2) is 0 Å². The summed E-state index contributed by atoms with van der Waals surface area (Å²) < 4.78 is 25.6. The highest BCUT2D eigenvalue weighted by atomic mass is 35.5. The van der Waals surface area contributed by atoms with Crippen LogP contribution in [0.15, 0.2) is 188 Å². The number of aromatic nitrogens is 7. The van der Waals surface area contributed by atoms with Crippen molar-refractivity contribution < 1.29 is 38.1 Å². The van der Waals surface area contributed by atoms with Crippen LogP contribution in [0.3, 0.4) is 0 Å². The summed E-state index contributed by atoms with van der Waals surface area (Å²) in [6.07, 6.45) is 7.11. The second-order valence-corrected chi connectivity index (χ2v) is 23.6. The molecule has 25 nitrogen and oxygen atoms in total. The molecule has 3 aromatic heterocycles. The number of halogens is 2. The summed E-state index contributed by atoms with van der Waals surface area (Å²) in [6, 6.07) is 55.4. The number of carbonyl (C=O) groups excluding carboxylic acids is 3. The van der Waals surface area contributed by atoms with Gasteiger partial charge in [-0.05, 0) is 109 Å². The highest BCUT2D eigenvalue weighted by Gasteiger charge is 2.24.